The third-order valence-corrected chi connectivity index (χ3v) is 8.14. The smallest absolute Gasteiger partial charge is 0.294 e. The summed E-state index contributed by atoms with van der Waals surface area (Å²) >= 11 is 0. The van der Waals surface area contributed by atoms with E-state index in [9.17, 15) is 16.8 Å². The number of rotatable bonds is 8. The first-order chi connectivity index (χ1) is 15.3. The molecule has 0 bridgehead atoms. The van der Waals surface area contributed by atoms with Crippen LogP contribution >= 0.6 is 0 Å². The molecular weight excluding hydrogens is 446 g/mol. The fraction of sp³-hybridized carbons (Fsp3) is 0.167. The Labute approximate surface area is 187 Å². The van der Waals surface area contributed by atoms with E-state index in [1.807, 2.05) is 18.2 Å². The summed E-state index contributed by atoms with van der Waals surface area (Å²) in [6, 6.07) is 20.3. The van der Waals surface area contributed by atoms with Gasteiger partial charge in [-0.15, -0.1) is 0 Å². The van der Waals surface area contributed by atoms with Gasteiger partial charge in [-0.2, -0.15) is 8.42 Å². The van der Waals surface area contributed by atoms with Gasteiger partial charge in [0.2, 0.25) is 9.84 Å². The molecule has 0 atom stereocenters. The van der Waals surface area contributed by atoms with Gasteiger partial charge in [0.1, 0.15) is 0 Å². The summed E-state index contributed by atoms with van der Waals surface area (Å²) in [5.41, 5.74) is 2.74. The predicted molar refractivity (Wildman–Crippen MR) is 123 cm³/mol. The lowest BCUT2D eigenvalue weighted by Crippen LogP contribution is -2.02. The van der Waals surface area contributed by atoms with Gasteiger partial charge in [-0.05, 0) is 67.1 Å². The largest absolute Gasteiger partial charge is 0.360 e. The molecular formula is C24H23NO5S2. The fourth-order valence-corrected chi connectivity index (χ4v) is 5.82. The molecule has 166 valence electrons. The van der Waals surface area contributed by atoms with Gasteiger partial charge in [0.15, 0.2) is 0 Å². The van der Waals surface area contributed by atoms with E-state index >= 15 is 0 Å². The zero-order valence-corrected chi connectivity index (χ0v) is 18.9. The normalized spacial score (nSPS) is 12.3. The van der Waals surface area contributed by atoms with E-state index in [0.717, 1.165) is 47.7 Å². The van der Waals surface area contributed by atoms with Gasteiger partial charge in [-0.25, -0.2) is 8.42 Å². The Hall–Kier alpha value is -2.94. The van der Waals surface area contributed by atoms with Crippen LogP contribution in [0.15, 0.2) is 93.7 Å². The number of hydrogen-bond acceptors (Lipinski definition) is 4. The van der Waals surface area contributed by atoms with Crippen LogP contribution in [0.25, 0.3) is 10.9 Å². The van der Waals surface area contributed by atoms with Gasteiger partial charge in [0.05, 0.1) is 14.7 Å². The molecule has 0 radical (unpaired) electrons. The van der Waals surface area contributed by atoms with Crippen LogP contribution < -0.4 is 0 Å². The van der Waals surface area contributed by atoms with Crippen LogP contribution in [0.1, 0.15) is 24.0 Å². The number of hydrogen-bond donors (Lipinski definition) is 2. The van der Waals surface area contributed by atoms with Crippen molar-refractivity contribution in [2.75, 3.05) is 0 Å². The molecule has 0 amide bonds. The number of H-pyrrole nitrogens is 1. The van der Waals surface area contributed by atoms with Gasteiger partial charge < -0.3 is 4.98 Å². The van der Waals surface area contributed by atoms with E-state index < -0.39 is 20.0 Å². The topological polar surface area (TPSA) is 104 Å². The van der Waals surface area contributed by atoms with Crippen molar-refractivity contribution in [3.8, 4) is 0 Å². The molecule has 0 fully saturated rings. The highest BCUT2D eigenvalue weighted by atomic mass is 32.2. The number of unbranched alkanes of at least 4 members (excludes halogenated alkanes) is 1. The molecule has 0 saturated carbocycles. The molecule has 0 spiro atoms. The van der Waals surface area contributed by atoms with Gasteiger partial charge >= 0.3 is 0 Å². The highest BCUT2D eigenvalue weighted by Crippen LogP contribution is 2.31. The summed E-state index contributed by atoms with van der Waals surface area (Å²) in [4.78, 5) is 3.53. The van der Waals surface area contributed by atoms with Crippen molar-refractivity contribution < 1.29 is 21.4 Å². The molecule has 4 aromatic rings. The highest BCUT2D eigenvalue weighted by Gasteiger charge is 2.23. The Morgan fingerprint density at radius 3 is 2.09 bits per heavy atom. The fourth-order valence-electron chi connectivity index (χ4n) is 3.85. The molecule has 2 N–H and O–H groups in total. The molecule has 1 heterocycles. The lowest BCUT2D eigenvalue weighted by atomic mass is 10.0. The minimum atomic E-state index is -4.18. The average molecular weight is 470 g/mol. The zero-order chi connectivity index (χ0) is 22.8. The van der Waals surface area contributed by atoms with Crippen LogP contribution in [0.4, 0.5) is 0 Å². The van der Waals surface area contributed by atoms with Crippen LogP contribution in [-0.4, -0.2) is 26.4 Å². The minimum Gasteiger partial charge on any atom is -0.360 e. The summed E-state index contributed by atoms with van der Waals surface area (Å²) < 4.78 is 57.7. The lowest BCUT2D eigenvalue weighted by Gasteiger charge is -2.08. The molecule has 4 rings (SSSR count). The van der Waals surface area contributed by atoms with E-state index in [2.05, 4.69) is 4.98 Å². The third kappa shape index (κ3) is 4.62. The Morgan fingerprint density at radius 2 is 1.41 bits per heavy atom. The first-order valence-corrected chi connectivity index (χ1v) is 13.1. The maximum absolute atomic E-state index is 13.2. The third-order valence-electron chi connectivity index (χ3n) is 5.48. The molecule has 8 heteroatoms. The highest BCUT2D eigenvalue weighted by molar-refractivity contribution is 7.91. The number of aryl methyl sites for hydroxylation is 2. The number of aromatic nitrogens is 1. The SMILES string of the molecule is O=S(=O)(O)c1ccc(CCCCc2cccc3[nH]cc(S(=O)(=O)c4ccccc4)c23)cc1. The number of fused-ring (bicyclic) bond motifs is 1. The molecule has 0 saturated heterocycles. The number of sulfone groups is 1. The predicted octanol–water partition coefficient (Wildman–Crippen LogP) is 4.81. The van der Waals surface area contributed by atoms with Gasteiger partial charge in [0.25, 0.3) is 10.1 Å². The van der Waals surface area contributed by atoms with E-state index in [1.165, 1.54) is 12.1 Å². The second kappa shape index (κ2) is 8.90. The van der Waals surface area contributed by atoms with Crippen molar-refractivity contribution in [2.24, 2.45) is 0 Å². The standard InChI is InChI=1S/C24H23NO5S2/c26-31(27,20-10-2-1-3-11-20)23-17-25-22-12-6-9-19(24(22)23)8-5-4-7-18-13-15-21(16-14-18)32(28,29)30/h1-3,6,9-17,25H,4-5,7-8H2,(H,28,29,30). The Balaban J connectivity index is 1.50. The Morgan fingerprint density at radius 1 is 0.719 bits per heavy atom. The van der Waals surface area contributed by atoms with Crippen LogP contribution in [-0.2, 0) is 32.8 Å². The van der Waals surface area contributed by atoms with Crippen LogP contribution in [0.5, 0.6) is 0 Å². The molecule has 6 nitrogen and oxygen atoms in total. The molecule has 3 aromatic carbocycles. The first-order valence-electron chi connectivity index (χ1n) is 10.2. The van der Waals surface area contributed by atoms with Crippen molar-refractivity contribution in [3.63, 3.8) is 0 Å². The van der Waals surface area contributed by atoms with E-state index in [4.69, 9.17) is 4.55 Å². The van der Waals surface area contributed by atoms with Crippen LogP contribution in [0.2, 0.25) is 0 Å². The van der Waals surface area contributed by atoms with Gasteiger partial charge in [-0.3, -0.25) is 4.55 Å². The van der Waals surface area contributed by atoms with Crippen molar-refractivity contribution in [3.05, 3.63) is 90.1 Å². The number of nitrogens with one attached hydrogen (secondary N) is 1. The summed E-state index contributed by atoms with van der Waals surface area (Å²) in [7, 11) is -7.82. The quantitative estimate of drug-likeness (QED) is 0.285. The minimum absolute atomic E-state index is 0.118. The Kier molecular flexibility index (Phi) is 6.19. The van der Waals surface area contributed by atoms with E-state index in [1.54, 1.807) is 48.7 Å². The summed E-state index contributed by atoms with van der Waals surface area (Å²) in [5, 5.41) is 0.730. The van der Waals surface area contributed by atoms with Crippen LogP contribution in [0, 0.1) is 0 Å². The van der Waals surface area contributed by atoms with Gasteiger partial charge in [-0.1, -0.05) is 42.5 Å². The maximum atomic E-state index is 13.2. The molecule has 0 aliphatic heterocycles. The monoisotopic (exact) mass is 469 g/mol. The molecule has 0 unspecified atom stereocenters. The summed E-state index contributed by atoms with van der Waals surface area (Å²) in [5.74, 6) is 0. The van der Waals surface area contributed by atoms with E-state index in [-0.39, 0.29) is 14.7 Å². The molecule has 0 aliphatic carbocycles. The lowest BCUT2D eigenvalue weighted by molar-refractivity contribution is 0.483. The maximum Gasteiger partial charge on any atom is 0.294 e. The summed E-state index contributed by atoms with van der Waals surface area (Å²) in [6.45, 7) is 0. The van der Waals surface area contributed by atoms with Crippen molar-refractivity contribution in [1.29, 1.82) is 0 Å². The van der Waals surface area contributed by atoms with Crippen LogP contribution in [0.3, 0.4) is 0 Å². The zero-order valence-electron chi connectivity index (χ0n) is 17.2. The first kappa shape index (κ1) is 22.3. The average Bonchev–Trinajstić information content (AvgIpc) is 3.23. The van der Waals surface area contributed by atoms with Crippen molar-refractivity contribution >= 4 is 30.9 Å². The molecule has 0 aliphatic rings. The number of benzene rings is 3. The van der Waals surface area contributed by atoms with E-state index in [0.29, 0.717) is 0 Å². The second-order valence-electron chi connectivity index (χ2n) is 7.64. The molecule has 1 aromatic heterocycles. The second-order valence-corrected chi connectivity index (χ2v) is 11.0. The van der Waals surface area contributed by atoms with Crippen molar-refractivity contribution in [1.82, 2.24) is 4.98 Å². The Bertz CT molecular complexity index is 1440. The summed E-state index contributed by atoms with van der Waals surface area (Å²) in [6.07, 6.45) is 4.73. The van der Waals surface area contributed by atoms with Gasteiger partial charge in [0, 0.05) is 17.1 Å². The van der Waals surface area contributed by atoms with Crippen molar-refractivity contribution in [2.45, 2.75) is 40.4 Å². The molecule has 32 heavy (non-hydrogen) atoms. The number of aromatic amines is 1.